The number of nitrogens with zero attached hydrogens (tertiary/aromatic N) is 2. The Labute approximate surface area is 355 Å². The summed E-state index contributed by atoms with van der Waals surface area (Å²) in [6.45, 7) is 0. The summed E-state index contributed by atoms with van der Waals surface area (Å²) in [5.74, 6) is 0.573. The molecule has 1 aliphatic carbocycles. The van der Waals surface area contributed by atoms with Crippen molar-refractivity contribution >= 4 is 71.6 Å². The molecular formula is C58H44N2O. The molecule has 292 valence electrons. The van der Waals surface area contributed by atoms with Gasteiger partial charge in [0.1, 0.15) is 11.2 Å². The lowest BCUT2D eigenvalue weighted by Gasteiger charge is -2.30. The number of benzene rings is 9. The van der Waals surface area contributed by atoms with Crippen molar-refractivity contribution in [3.8, 4) is 27.9 Å². The van der Waals surface area contributed by atoms with Crippen LogP contribution >= 0.6 is 0 Å². The van der Waals surface area contributed by atoms with E-state index in [0.29, 0.717) is 5.92 Å². The average Bonchev–Trinajstić information content (AvgIpc) is 3.88. The largest absolute Gasteiger partial charge is 0.456 e. The van der Waals surface area contributed by atoms with E-state index in [1.54, 1.807) is 0 Å². The summed E-state index contributed by atoms with van der Waals surface area (Å²) < 4.78 is 8.65. The van der Waals surface area contributed by atoms with Crippen LogP contribution in [0.25, 0.3) is 82.5 Å². The maximum atomic E-state index is 6.20. The maximum Gasteiger partial charge on any atom is 0.135 e. The van der Waals surface area contributed by atoms with E-state index in [9.17, 15) is 0 Å². The first-order valence-electron chi connectivity index (χ1n) is 21.8. The fourth-order valence-electron chi connectivity index (χ4n) is 10.4. The smallest absolute Gasteiger partial charge is 0.135 e. The molecule has 1 fully saturated rings. The molecule has 3 nitrogen and oxygen atoms in total. The van der Waals surface area contributed by atoms with Gasteiger partial charge in [-0.05, 0) is 112 Å². The van der Waals surface area contributed by atoms with Gasteiger partial charge in [-0.25, -0.2) is 0 Å². The monoisotopic (exact) mass is 784 g/mol. The molecule has 1 aliphatic rings. The minimum Gasteiger partial charge on any atom is -0.456 e. The highest BCUT2D eigenvalue weighted by Gasteiger charge is 2.25. The van der Waals surface area contributed by atoms with Crippen LogP contribution < -0.4 is 4.90 Å². The maximum absolute atomic E-state index is 6.20. The van der Waals surface area contributed by atoms with Crippen molar-refractivity contribution in [3.05, 3.63) is 206 Å². The standard InChI is InChI=1S/C58H44N2O/c1-3-16-40(17-4-1)45-25-13-18-41-19-14-26-49(57(41)45)46-22-7-10-28-52(46)59(44-35-32-39(33-36-44)42-34-37-56-51(38-42)48-24-9-12-31-55(48)61-56)54-30-15-27-50-47-23-8-11-29-53(47)60(58(50)54)43-20-5-2-6-21-43/h2,5-15,18-38,40H,1,3-4,16-17H2. The molecule has 0 atom stereocenters. The number of aromatic nitrogens is 1. The average molecular weight is 785 g/mol. The van der Waals surface area contributed by atoms with Crippen LogP contribution in [0.3, 0.4) is 0 Å². The molecule has 0 N–H and O–H groups in total. The van der Waals surface area contributed by atoms with E-state index in [-0.39, 0.29) is 0 Å². The van der Waals surface area contributed by atoms with Crippen molar-refractivity contribution in [3.63, 3.8) is 0 Å². The highest BCUT2D eigenvalue weighted by Crippen LogP contribution is 2.49. The van der Waals surface area contributed by atoms with Gasteiger partial charge in [0.25, 0.3) is 0 Å². The summed E-state index contributed by atoms with van der Waals surface area (Å²) in [6, 6.07) is 73.4. The Bertz CT molecular complexity index is 3400. The number of fused-ring (bicyclic) bond motifs is 7. The van der Waals surface area contributed by atoms with Crippen LogP contribution in [0.5, 0.6) is 0 Å². The molecular weight excluding hydrogens is 741 g/mol. The van der Waals surface area contributed by atoms with Gasteiger partial charge in [0, 0.05) is 38.5 Å². The molecule has 0 saturated heterocycles. The Kier molecular flexibility index (Phi) is 8.59. The quantitative estimate of drug-likeness (QED) is 0.161. The third kappa shape index (κ3) is 5.95. The number of hydrogen-bond acceptors (Lipinski definition) is 2. The summed E-state index contributed by atoms with van der Waals surface area (Å²) in [5, 5.41) is 7.43. The molecule has 0 spiro atoms. The molecule has 0 bridgehead atoms. The van der Waals surface area contributed by atoms with Crippen LogP contribution in [0.2, 0.25) is 0 Å². The van der Waals surface area contributed by atoms with Crippen molar-refractivity contribution in [1.29, 1.82) is 0 Å². The molecule has 0 aliphatic heterocycles. The Balaban J connectivity index is 1.10. The second kappa shape index (κ2) is 14.7. The predicted octanol–water partition coefficient (Wildman–Crippen LogP) is 16.7. The van der Waals surface area contributed by atoms with Crippen LogP contribution in [-0.2, 0) is 0 Å². The zero-order valence-corrected chi connectivity index (χ0v) is 34.0. The molecule has 11 aromatic rings. The van der Waals surface area contributed by atoms with Crippen LogP contribution in [0.4, 0.5) is 17.1 Å². The third-order valence-electron chi connectivity index (χ3n) is 13.2. The fourth-order valence-corrected chi connectivity index (χ4v) is 10.4. The Morgan fingerprint density at radius 1 is 0.459 bits per heavy atom. The van der Waals surface area contributed by atoms with Crippen molar-refractivity contribution in [1.82, 2.24) is 4.57 Å². The number of hydrogen-bond donors (Lipinski definition) is 0. The summed E-state index contributed by atoms with van der Waals surface area (Å²) >= 11 is 0. The second-order valence-electron chi connectivity index (χ2n) is 16.7. The van der Waals surface area contributed by atoms with Gasteiger partial charge in [0.05, 0.1) is 22.4 Å². The van der Waals surface area contributed by atoms with Crippen molar-refractivity contribution in [2.45, 2.75) is 38.0 Å². The molecule has 9 aromatic carbocycles. The predicted molar refractivity (Wildman–Crippen MR) is 257 cm³/mol. The van der Waals surface area contributed by atoms with Crippen molar-refractivity contribution in [2.75, 3.05) is 4.90 Å². The van der Waals surface area contributed by atoms with E-state index in [4.69, 9.17) is 4.42 Å². The molecule has 0 radical (unpaired) electrons. The van der Waals surface area contributed by atoms with Crippen molar-refractivity contribution < 1.29 is 4.42 Å². The summed E-state index contributed by atoms with van der Waals surface area (Å²) in [5.41, 5.74) is 15.0. The molecule has 0 amide bonds. The first-order chi connectivity index (χ1) is 30.3. The summed E-state index contributed by atoms with van der Waals surface area (Å²) in [7, 11) is 0. The zero-order valence-electron chi connectivity index (χ0n) is 34.0. The van der Waals surface area contributed by atoms with E-state index >= 15 is 0 Å². The number of anilines is 3. The van der Waals surface area contributed by atoms with Gasteiger partial charge in [-0.2, -0.15) is 0 Å². The zero-order chi connectivity index (χ0) is 40.3. The van der Waals surface area contributed by atoms with Gasteiger partial charge in [-0.1, -0.05) is 159 Å². The number of para-hydroxylation sites is 5. The van der Waals surface area contributed by atoms with Gasteiger partial charge in [-0.3, -0.25) is 0 Å². The van der Waals surface area contributed by atoms with Gasteiger partial charge in [0.15, 0.2) is 0 Å². The number of furan rings is 1. The highest BCUT2D eigenvalue weighted by molar-refractivity contribution is 6.15. The minimum atomic E-state index is 0.573. The van der Waals surface area contributed by atoms with Crippen LogP contribution in [0, 0.1) is 0 Å². The van der Waals surface area contributed by atoms with Crippen LogP contribution in [0.15, 0.2) is 205 Å². The summed E-state index contributed by atoms with van der Waals surface area (Å²) in [4.78, 5) is 2.51. The van der Waals surface area contributed by atoms with Crippen LogP contribution in [-0.4, -0.2) is 4.57 Å². The minimum absolute atomic E-state index is 0.573. The molecule has 12 rings (SSSR count). The topological polar surface area (TPSA) is 21.3 Å². The van der Waals surface area contributed by atoms with Gasteiger partial charge >= 0.3 is 0 Å². The van der Waals surface area contributed by atoms with E-state index in [0.717, 1.165) is 55.8 Å². The van der Waals surface area contributed by atoms with Gasteiger partial charge in [0.2, 0.25) is 0 Å². The van der Waals surface area contributed by atoms with Crippen molar-refractivity contribution in [2.24, 2.45) is 0 Å². The molecule has 3 heteroatoms. The Morgan fingerprint density at radius 3 is 1.98 bits per heavy atom. The number of rotatable bonds is 7. The van der Waals surface area contributed by atoms with E-state index in [1.807, 2.05) is 12.1 Å². The lowest BCUT2D eigenvalue weighted by molar-refractivity contribution is 0.445. The first-order valence-corrected chi connectivity index (χ1v) is 21.8. The highest BCUT2D eigenvalue weighted by atomic mass is 16.3. The SMILES string of the molecule is c1ccc(-n2c3ccccc3c3cccc(N(c4ccc(-c5ccc6oc7ccccc7c6c5)cc4)c4ccccc4-c4cccc5cccc(C6CCCCC6)c45)c32)cc1. The molecule has 2 heterocycles. The summed E-state index contributed by atoms with van der Waals surface area (Å²) in [6.07, 6.45) is 6.45. The second-order valence-corrected chi connectivity index (χ2v) is 16.7. The van der Waals surface area contributed by atoms with Crippen LogP contribution in [0.1, 0.15) is 43.6 Å². The van der Waals surface area contributed by atoms with E-state index in [2.05, 4.69) is 198 Å². The third-order valence-corrected chi connectivity index (χ3v) is 13.2. The van der Waals surface area contributed by atoms with E-state index < -0.39 is 0 Å². The molecule has 1 saturated carbocycles. The molecule has 0 unspecified atom stereocenters. The van der Waals surface area contributed by atoms with E-state index in [1.165, 1.54) is 81.4 Å². The van der Waals surface area contributed by atoms with Gasteiger partial charge < -0.3 is 13.9 Å². The Hall–Kier alpha value is -7.36. The lowest BCUT2D eigenvalue weighted by Crippen LogP contribution is -2.13. The first kappa shape index (κ1) is 35.6. The van der Waals surface area contributed by atoms with Gasteiger partial charge in [-0.15, -0.1) is 0 Å². The molecule has 61 heavy (non-hydrogen) atoms. The molecule has 2 aromatic heterocycles. The Morgan fingerprint density at radius 2 is 1.11 bits per heavy atom. The lowest BCUT2D eigenvalue weighted by atomic mass is 9.80. The normalized spacial score (nSPS) is 13.5. The fraction of sp³-hybridized carbons (Fsp3) is 0.103.